The molecule has 10 atom stereocenters. The summed E-state index contributed by atoms with van der Waals surface area (Å²) >= 11 is 0. The molecule has 3 aliphatic rings. The number of likely N-dealkylation sites (N-methyl/N-ethyl adjacent to an activating group) is 2. The molecule has 0 aromatic rings. The van der Waals surface area contributed by atoms with E-state index in [9.17, 15) is 14.7 Å². The van der Waals surface area contributed by atoms with Gasteiger partial charge in [-0.2, -0.15) is 0 Å². The van der Waals surface area contributed by atoms with Crippen LogP contribution in [0.1, 0.15) is 101 Å². The van der Waals surface area contributed by atoms with Crippen LogP contribution in [0.25, 0.3) is 0 Å². The molecule has 1 N–H and O–H groups in total. The molecule has 0 aromatic carbocycles. The zero-order chi connectivity index (χ0) is 36.4. The Labute approximate surface area is 292 Å². The summed E-state index contributed by atoms with van der Waals surface area (Å²) in [5.74, 6) is -0.859. The van der Waals surface area contributed by atoms with Crippen molar-refractivity contribution in [3.05, 3.63) is 0 Å². The molecule has 48 heavy (non-hydrogen) atoms. The number of nitrogens with zero attached hydrogens (tertiary/aromatic N) is 3. The highest BCUT2D eigenvalue weighted by Crippen LogP contribution is 2.39. The number of likely N-dealkylation sites (tertiary alicyclic amines) is 1. The molecular formula is C38H71N3O7. The maximum atomic E-state index is 14.4. The predicted molar refractivity (Wildman–Crippen MR) is 190 cm³/mol. The molecular weight excluding hydrogens is 610 g/mol. The summed E-state index contributed by atoms with van der Waals surface area (Å²) in [6, 6.07) is -0.160. The summed E-state index contributed by atoms with van der Waals surface area (Å²) in [7, 11) is 7.65. The second kappa shape index (κ2) is 16.5. The number of Topliss-reactive ketones (excluding diaryl/α,β-unsaturated/α-hetero) is 1. The number of ether oxygens (including phenoxy) is 4. The van der Waals surface area contributed by atoms with Gasteiger partial charge in [0.15, 0.2) is 12.1 Å². The first-order valence-corrected chi connectivity index (χ1v) is 18.5. The Morgan fingerprint density at radius 3 is 2.19 bits per heavy atom. The average molecular weight is 682 g/mol. The van der Waals surface area contributed by atoms with Gasteiger partial charge in [-0.3, -0.25) is 14.5 Å². The van der Waals surface area contributed by atoms with Crippen LogP contribution in [0.3, 0.4) is 0 Å². The molecule has 3 heterocycles. The van der Waals surface area contributed by atoms with E-state index in [4.69, 9.17) is 18.9 Å². The van der Waals surface area contributed by atoms with Gasteiger partial charge in [-0.15, -0.1) is 0 Å². The van der Waals surface area contributed by atoms with E-state index in [1.165, 1.54) is 0 Å². The lowest BCUT2D eigenvalue weighted by Crippen LogP contribution is -2.59. The van der Waals surface area contributed by atoms with Crippen molar-refractivity contribution in [2.24, 2.45) is 28.6 Å². The van der Waals surface area contributed by atoms with E-state index in [0.717, 1.165) is 45.4 Å². The molecule has 10 nitrogen and oxygen atoms in total. The number of piperidine rings is 1. The Morgan fingerprint density at radius 2 is 1.65 bits per heavy atom. The van der Waals surface area contributed by atoms with Gasteiger partial charge in [0.25, 0.3) is 0 Å². The van der Waals surface area contributed by atoms with Crippen molar-refractivity contribution in [3.8, 4) is 0 Å². The number of hydrogen-bond donors (Lipinski definition) is 1. The zero-order valence-corrected chi connectivity index (χ0v) is 32.9. The average Bonchev–Trinajstić information content (AvgIpc) is 2.98. The Balaban J connectivity index is 1.92. The molecule has 280 valence electrons. The number of aliphatic hydroxyl groups excluding tert-OH is 1. The van der Waals surface area contributed by atoms with Crippen molar-refractivity contribution < 1.29 is 33.6 Å². The van der Waals surface area contributed by atoms with Crippen LogP contribution >= 0.6 is 0 Å². The summed E-state index contributed by atoms with van der Waals surface area (Å²) in [4.78, 5) is 35.2. The molecule has 0 spiro atoms. The number of methoxy groups -OCH3 is 1. The highest BCUT2D eigenvalue weighted by atomic mass is 16.7. The summed E-state index contributed by atoms with van der Waals surface area (Å²) in [6.07, 6.45) is 1.23. The van der Waals surface area contributed by atoms with Crippen LogP contribution in [0.5, 0.6) is 0 Å². The SMILES string of the molecule is CO[C@]1(C)C[C@@H](C)CN(C)[C@H](CC2CCN(CC(C)(C)C)CC2)[C@@H](C)OC(=O)C(C)(C)C(=O)[C@H](C)[C@H]1O[C@@H]1O[C@H](C)C[C@H](N(C)C)[C@H]1O. The van der Waals surface area contributed by atoms with Crippen LogP contribution in [-0.2, 0) is 28.5 Å². The minimum Gasteiger partial charge on any atom is -0.460 e. The molecule has 0 saturated carbocycles. The third kappa shape index (κ3) is 10.2. The number of esters is 1. The van der Waals surface area contributed by atoms with Crippen molar-refractivity contribution in [3.63, 3.8) is 0 Å². The first kappa shape index (κ1) is 41.3. The molecule has 3 fully saturated rings. The second-order valence-electron chi connectivity index (χ2n) is 17.9. The predicted octanol–water partition coefficient (Wildman–Crippen LogP) is 4.85. The topological polar surface area (TPSA) is 101 Å². The van der Waals surface area contributed by atoms with Gasteiger partial charge < -0.3 is 33.9 Å². The van der Waals surface area contributed by atoms with Crippen LogP contribution in [-0.4, -0.2) is 134 Å². The standard InChI is InChI=1S/C38H71N3O7/c1-24-21-38(10,45-14)33(48-34-31(42)30(39(11)12)19-25(2)46-34)26(3)32(43)37(8,9)35(44)47-27(4)29(40(13)22-24)20-28-15-17-41(18-16-28)23-36(5,6)7/h24-31,33-34,42H,15-23H2,1-14H3/t24-,25-,26+,27-,29-,30+,31-,33-,34+,38-/m1/s1. The largest absolute Gasteiger partial charge is 0.460 e. The maximum Gasteiger partial charge on any atom is 0.319 e. The third-order valence-corrected chi connectivity index (χ3v) is 11.4. The molecule has 0 bridgehead atoms. The lowest BCUT2D eigenvalue weighted by Gasteiger charge is -2.47. The highest BCUT2D eigenvalue weighted by Gasteiger charge is 2.52. The molecule has 3 rings (SSSR count). The van der Waals surface area contributed by atoms with Crippen LogP contribution in [0, 0.1) is 28.6 Å². The number of rotatable bonds is 7. The Bertz CT molecular complexity index is 1060. The first-order chi connectivity index (χ1) is 22.1. The Kier molecular flexibility index (Phi) is 14.2. The van der Waals surface area contributed by atoms with E-state index in [2.05, 4.69) is 44.5 Å². The van der Waals surface area contributed by atoms with E-state index in [-0.39, 0.29) is 41.4 Å². The number of ketones is 1. The van der Waals surface area contributed by atoms with Crippen LogP contribution in [0.4, 0.5) is 0 Å². The van der Waals surface area contributed by atoms with Crippen molar-refractivity contribution in [2.45, 2.75) is 150 Å². The minimum absolute atomic E-state index is 0.00994. The molecule has 0 amide bonds. The van der Waals surface area contributed by atoms with Gasteiger partial charge in [-0.25, -0.2) is 0 Å². The summed E-state index contributed by atoms with van der Waals surface area (Å²) in [5, 5.41) is 11.4. The fraction of sp³-hybridized carbons (Fsp3) is 0.947. The second-order valence-corrected chi connectivity index (χ2v) is 17.9. The molecule has 0 aliphatic carbocycles. The van der Waals surface area contributed by atoms with Crippen molar-refractivity contribution >= 4 is 11.8 Å². The van der Waals surface area contributed by atoms with E-state index in [1.807, 2.05) is 39.8 Å². The van der Waals surface area contributed by atoms with Crippen LogP contribution in [0.2, 0.25) is 0 Å². The molecule has 10 heteroatoms. The summed E-state index contributed by atoms with van der Waals surface area (Å²) in [5.41, 5.74) is -2.06. The van der Waals surface area contributed by atoms with Crippen molar-refractivity contribution in [1.29, 1.82) is 0 Å². The lowest BCUT2D eigenvalue weighted by molar-refractivity contribution is -0.295. The summed E-state index contributed by atoms with van der Waals surface area (Å²) in [6.45, 7) is 24.2. The minimum atomic E-state index is -1.42. The van der Waals surface area contributed by atoms with Crippen LogP contribution in [0.15, 0.2) is 0 Å². The number of cyclic esters (lactones) is 1. The van der Waals surface area contributed by atoms with Gasteiger partial charge in [-0.05, 0) is 118 Å². The quantitative estimate of drug-likeness (QED) is 0.297. The third-order valence-electron chi connectivity index (χ3n) is 11.4. The first-order valence-electron chi connectivity index (χ1n) is 18.5. The van der Waals surface area contributed by atoms with Gasteiger partial charge in [0.2, 0.25) is 0 Å². The van der Waals surface area contributed by atoms with E-state index in [0.29, 0.717) is 18.8 Å². The van der Waals surface area contributed by atoms with Gasteiger partial charge in [0.05, 0.1) is 17.8 Å². The molecule has 3 aliphatic heterocycles. The smallest absolute Gasteiger partial charge is 0.319 e. The van der Waals surface area contributed by atoms with Gasteiger partial charge in [0.1, 0.15) is 17.6 Å². The number of hydrogen-bond acceptors (Lipinski definition) is 10. The molecule has 0 aromatic heterocycles. The van der Waals surface area contributed by atoms with Crippen LogP contribution < -0.4 is 0 Å². The molecule has 0 unspecified atom stereocenters. The molecule has 0 radical (unpaired) electrons. The number of carbonyl (C=O) groups is 2. The van der Waals surface area contributed by atoms with E-state index < -0.39 is 41.4 Å². The Hall–Kier alpha value is -1.14. The Morgan fingerprint density at radius 1 is 1.04 bits per heavy atom. The monoisotopic (exact) mass is 682 g/mol. The fourth-order valence-electron chi connectivity index (χ4n) is 8.61. The fourth-order valence-corrected chi connectivity index (χ4v) is 8.61. The zero-order valence-electron chi connectivity index (χ0n) is 32.9. The maximum absolute atomic E-state index is 14.4. The van der Waals surface area contributed by atoms with Crippen molar-refractivity contribution in [1.82, 2.24) is 14.7 Å². The molecule has 3 saturated heterocycles. The van der Waals surface area contributed by atoms with E-state index >= 15 is 0 Å². The van der Waals surface area contributed by atoms with Gasteiger partial charge in [0, 0.05) is 38.2 Å². The number of carbonyl (C=O) groups excluding carboxylic acids is 2. The van der Waals surface area contributed by atoms with Crippen molar-refractivity contribution in [2.75, 3.05) is 54.4 Å². The highest BCUT2D eigenvalue weighted by molar-refractivity contribution is 6.04. The van der Waals surface area contributed by atoms with Gasteiger partial charge in [-0.1, -0.05) is 34.6 Å². The number of aliphatic hydroxyl groups is 1. The summed E-state index contributed by atoms with van der Waals surface area (Å²) < 4.78 is 25.4. The lowest BCUT2D eigenvalue weighted by atomic mass is 9.74. The normalized spacial score (nSPS) is 39.0. The van der Waals surface area contributed by atoms with Gasteiger partial charge >= 0.3 is 5.97 Å². The van der Waals surface area contributed by atoms with E-state index in [1.54, 1.807) is 27.9 Å².